The number of hydrogen-bond donors (Lipinski definition) is 1. The minimum Gasteiger partial charge on any atom is -0.478 e. The highest BCUT2D eigenvalue weighted by Crippen LogP contribution is 2.41. The van der Waals surface area contributed by atoms with E-state index in [1.807, 2.05) is 13.8 Å². The molecule has 0 aliphatic rings. The van der Waals surface area contributed by atoms with Crippen molar-refractivity contribution in [1.82, 2.24) is 0 Å². The van der Waals surface area contributed by atoms with Gasteiger partial charge in [0.1, 0.15) is 0 Å². The normalized spacial score (nSPS) is 13.5. The van der Waals surface area contributed by atoms with E-state index in [1.54, 1.807) is 6.92 Å². The first kappa shape index (κ1) is 18.4. The molecule has 1 atom stereocenters. The molecule has 0 saturated carbocycles. The second kappa shape index (κ2) is 7.07. The maximum atomic E-state index is 14.0. The second-order valence-corrected chi connectivity index (χ2v) is 7.70. The molecule has 1 N–H and O–H groups in total. The average Bonchev–Trinajstić information content (AvgIpc) is 2.34. The van der Waals surface area contributed by atoms with E-state index < -0.39 is 21.4 Å². The molecule has 0 saturated heterocycles. The summed E-state index contributed by atoms with van der Waals surface area (Å²) in [6.45, 7) is 5.45. The van der Waals surface area contributed by atoms with Crippen LogP contribution in [-0.4, -0.2) is 21.0 Å². The monoisotopic (exact) mass is 354 g/mol. The van der Waals surface area contributed by atoms with Crippen molar-refractivity contribution in [2.75, 3.05) is 5.75 Å². The zero-order valence-electron chi connectivity index (χ0n) is 12.0. The summed E-state index contributed by atoms with van der Waals surface area (Å²) in [5.41, 5.74) is 0.153. The lowest BCUT2D eigenvalue weighted by atomic mass is 10.0. The summed E-state index contributed by atoms with van der Waals surface area (Å²) in [6, 6.07) is 2.43. The SMILES string of the molecule is CCc1c(C(=O)O)ccc(C(F)(Cl)Cl)c1[S@@](=O)CC(C)C. The zero-order chi connectivity index (χ0) is 16.4. The molecule has 1 rings (SSSR count). The Hall–Kier alpha value is -0.650. The third-order valence-corrected chi connectivity index (χ3v) is 5.16. The van der Waals surface area contributed by atoms with E-state index in [1.165, 1.54) is 12.1 Å². The molecule has 7 heteroatoms. The van der Waals surface area contributed by atoms with Crippen molar-refractivity contribution in [2.45, 2.75) is 36.7 Å². The van der Waals surface area contributed by atoms with E-state index in [9.17, 15) is 18.5 Å². The van der Waals surface area contributed by atoms with Crippen LogP contribution in [-0.2, 0) is 21.8 Å². The molecular formula is C14H17Cl2FO3S. The summed E-state index contributed by atoms with van der Waals surface area (Å²) in [7, 11) is -1.58. The molecule has 0 radical (unpaired) electrons. The van der Waals surface area contributed by atoms with Crippen molar-refractivity contribution < 1.29 is 18.5 Å². The predicted octanol–water partition coefficient (Wildman–Crippen LogP) is 4.27. The largest absolute Gasteiger partial charge is 0.478 e. The number of carbonyl (C=O) groups is 1. The number of carboxylic acids is 1. The number of rotatable bonds is 6. The summed E-state index contributed by atoms with van der Waals surface area (Å²) in [5.74, 6) is -0.793. The summed E-state index contributed by atoms with van der Waals surface area (Å²) < 4.78 is 23.8. The molecule has 118 valence electrons. The van der Waals surface area contributed by atoms with Crippen LogP contribution in [0.15, 0.2) is 17.0 Å². The van der Waals surface area contributed by atoms with Crippen molar-refractivity contribution in [3.63, 3.8) is 0 Å². The Morgan fingerprint density at radius 1 is 1.43 bits per heavy atom. The van der Waals surface area contributed by atoms with Gasteiger partial charge in [0.2, 0.25) is 0 Å². The van der Waals surface area contributed by atoms with Gasteiger partial charge in [-0.1, -0.05) is 50.0 Å². The summed E-state index contributed by atoms with van der Waals surface area (Å²) in [6.07, 6.45) is 0.290. The molecule has 0 bridgehead atoms. The molecule has 3 nitrogen and oxygen atoms in total. The molecular weight excluding hydrogens is 338 g/mol. The highest BCUT2D eigenvalue weighted by molar-refractivity contribution is 7.85. The van der Waals surface area contributed by atoms with Crippen LogP contribution in [0.2, 0.25) is 0 Å². The molecule has 0 aliphatic carbocycles. The Balaban J connectivity index is 3.62. The van der Waals surface area contributed by atoms with Crippen molar-refractivity contribution in [1.29, 1.82) is 0 Å². The minimum atomic E-state index is -2.72. The molecule has 0 aliphatic heterocycles. The van der Waals surface area contributed by atoms with Gasteiger partial charge in [0.05, 0.1) is 21.3 Å². The Bertz CT molecular complexity index is 568. The summed E-state index contributed by atoms with van der Waals surface area (Å²) >= 11 is 11.0. The average molecular weight is 355 g/mol. The molecule has 0 aromatic heterocycles. The number of benzene rings is 1. The summed E-state index contributed by atoms with van der Waals surface area (Å²) in [5, 5.41) is 9.22. The molecule has 0 unspecified atom stereocenters. The van der Waals surface area contributed by atoms with E-state index in [0.717, 1.165) is 0 Å². The Labute approximate surface area is 135 Å². The van der Waals surface area contributed by atoms with Gasteiger partial charge in [0, 0.05) is 11.3 Å². The van der Waals surface area contributed by atoms with Crippen molar-refractivity contribution in [2.24, 2.45) is 5.92 Å². The lowest BCUT2D eigenvalue weighted by Gasteiger charge is -2.20. The molecule has 0 heterocycles. The topological polar surface area (TPSA) is 54.4 Å². The molecule has 1 aromatic rings. The highest BCUT2D eigenvalue weighted by Gasteiger charge is 2.33. The number of alkyl halides is 3. The van der Waals surface area contributed by atoms with Crippen LogP contribution < -0.4 is 0 Å². The van der Waals surface area contributed by atoms with E-state index >= 15 is 0 Å². The van der Waals surface area contributed by atoms with Crippen molar-refractivity contribution in [3.05, 3.63) is 28.8 Å². The van der Waals surface area contributed by atoms with Crippen LogP contribution in [0, 0.1) is 5.92 Å². The first-order chi connectivity index (χ1) is 9.59. The van der Waals surface area contributed by atoms with Gasteiger partial charge >= 0.3 is 5.97 Å². The molecule has 21 heavy (non-hydrogen) atoms. The van der Waals surface area contributed by atoms with Gasteiger partial charge in [-0.25, -0.2) is 9.18 Å². The van der Waals surface area contributed by atoms with Gasteiger partial charge in [-0.2, -0.15) is 0 Å². The van der Waals surface area contributed by atoms with Gasteiger partial charge in [0.25, 0.3) is 4.59 Å². The number of carboxylic acid groups (broad SMARTS) is 1. The second-order valence-electron chi connectivity index (χ2n) is 5.03. The lowest BCUT2D eigenvalue weighted by Crippen LogP contribution is -2.17. The molecule has 0 spiro atoms. The third kappa shape index (κ3) is 4.41. The van der Waals surface area contributed by atoms with Gasteiger partial charge in [-0.15, -0.1) is 0 Å². The van der Waals surface area contributed by atoms with Gasteiger partial charge < -0.3 is 5.11 Å². The molecule has 0 fully saturated rings. The van der Waals surface area contributed by atoms with Crippen molar-refractivity contribution >= 4 is 40.0 Å². The number of hydrogen-bond acceptors (Lipinski definition) is 2. The standard InChI is InChI=1S/C14H17Cl2FO3S/c1-4-9-10(13(18)19)5-6-11(14(15,16)17)12(9)21(20)7-8(2)3/h5-6,8H,4,7H2,1-3H3,(H,18,19)/t21-/m0/s1. The highest BCUT2D eigenvalue weighted by atomic mass is 35.5. The Kier molecular flexibility index (Phi) is 6.20. The van der Waals surface area contributed by atoms with E-state index in [4.69, 9.17) is 23.2 Å². The van der Waals surface area contributed by atoms with Gasteiger partial charge in [-0.3, -0.25) is 4.21 Å². The van der Waals surface area contributed by atoms with E-state index in [2.05, 4.69) is 0 Å². The predicted molar refractivity (Wildman–Crippen MR) is 83.4 cm³/mol. The minimum absolute atomic E-state index is 0.00839. The van der Waals surface area contributed by atoms with Gasteiger partial charge in [0.15, 0.2) is 0 Å². The first-order valence-corrected chi connectivity index (χ1v) is 8.51. The van der Waals surface area contributed by atoms with Crippen molar-refractivity contribution in [3.8, 4) is 0 Å². The molecule has 1 aromatic carbocycles. The van der Waals surface area contributed by atoms with E-state index in [-0.39, 0.29) is 27.7 Å². The zero-order valence-corrected chi connectivity index (χ0v) is 14.3. The Morgan fingerprint density at radius 3 is 2.38 bits per heavy atom. The van der Waals surface area contributed by atoms with Crippen LogP contribution in [0.3, 0.4) is 0 Å². The fraction of sp³-hybridized carbons (Fsp3) is 0.500. The van der Waals surface area contributed by atoms with Crippen LogP contribution in [0.5, 0.6) is 0 Å². The fourth-order valence-electron chi connectivity index (χ4n) is 2.05. The lowest BCUT2D eigenvalue weighted by molar-refractivity contribution is 0.0695. The fourth-order valence-corrected chi connectivity index (χ4v) is 4.23. The van der Waals surface area contributed by atoms with E-state index in [0.29, 0.717) is 12.0 Å². The van der Waals surface area contributed by atoms with Gasteiger partial charge in [-0.05, 0) is 24.0 Å². The van der Waals surface area contributed by atoms with Crippen LogP contribution in [0.4, 0.5) is 4.39 Å². The smallest absolute Gasteiger partial charge is 0.336 e. The Morgan fingerprint density at radius 2 is 2.00 bits per heavy atom. The van der Waals surface area contributed by atoms with Crippen LogP contribution in [0.1, 0.15) is 42.3 Å². The quantitative estimate of drug-likeness (QED) is 0.776. The van der Waals surface area contributed by atoms with Crippen LogP contribution >= 0.6 is 23.2 Å². The number of halogens is 3. The first-order valence-electron chi connectivity index (χ1n) is 6.44. The maximum absolute atomic E-state index is 14.0. The summed E-state index contributed by atoms with van der Waals surface area (Å²) in [4.78, 5) is 11.4. The molecule has 0 amide bonds. The van der Waals surface area contributed by atoms with Crippen LogP contribution in [0.25, 0.3) is 0 Å². The third-order valence-electron chi connectivity index (χ3n) is 2.86. The number of aromatic carboxylic acids is 1. The maximum Gasteiger partial charge on any atom is 0.336 e.